The van der Waals surface area contributed by atoms with Crippen molar-refractivity contribution in [2.75, 3.05) is 13.2 Å². The van der Waals surface area contributed by atoms with Gasteiger partial charge in [0.05, 0.1) is 11.4 Å². The smallest absolute Gasteiger partial charge is 0.248 e. The highest BCUT2D eigenvalue weighted by atomic mass is 16.6. The zero-order chi connectivity index (χ0) is 21.4. The molecule has 1 amide bonds. The minimum absolute atomic E-state index is 0.454. The summed E-state index contributed by atoms with van der Waals surface area (Å²) in [4.78, 5) is 20.9. The van der Waals surface area contributed by atoms with Gasteiger partial charge in [0.15, 0.2) is 17.3 Å². The minimum Gasteiger partial charge on any atom is -0.486 e. The lowest BCUT2D eigenvalue weighted by molar-refractivity contribution is 0.100. The van der Waals surface area contributed by atoms with E-state index in [4.69, 9.17) is 20.2 Å². The summed E-state index contributed by atoms with van der Waals surface area (Å²) in [6.07, 6.45) is 1.95. The highest BCUT2D eigenvalue weighted by Gasteiger charge is 2.18. The summed E-state index contributed by atoms with van der Waals surface area (Å²) < 4.78 is 13.4. The SMILES string of the molecule is Cc1cccc(-c2nc(-c3ccc(C(N)=O)cc3)cn2-c2ccc3c(c2)OCCO3)n1. The molecule has 7 heteroatoms. The number of aryl methyl sites for hydroxylation is 1. The zero-order valence-electron chi connectivity index (χ0n) is 16.9. The van der Waals surface area contributed by atoms with Crippen molar-refractivity contribution in [1.29, 1.82) is 0 Å². The van der Waals surface area contributed by atoms with Crippen molar-refractivity contribution < 1.29 is 14.3 Å². The summed E-state index contributed by atoms with van der Waals surface area (Å²) in [6, 6.07) is 18.7. The number of aromatic nitrogens is 3. The zero-order valence-corrected chi connectivity index (χ0v) is 16.9. The molecule has 4 aromatic rings. The van der Waals surface area contributed by atoms with Gasteiger partial charge in [0.25, 0.3) is 0 Å². The molecule has 1 aliphatic rings. The number of amides is 1. The number of benzene rings is 2. The van der Waals surface area contributed by atoms with Crippen LogP contribution in [0.3, 0.4) is 0 Å². The van der Waals surface area contributed by atoms with Crippen molar-refractivity contribution in [2.45, 2.75) is 6.92 Å². The van der Waals surface area contributed by atoms with Gasteiger partial charge < -0.3 is 15.2 Å². The lowest BCUT2D eigenvalue weighted by Crippen LogP contribution is -2.15. The third-order valence-corrected chi connectivity index (χ3v) is 5.09. The van der Waals surface area contributed by atoms with Crippen LogP contribution in [0.25, 0.3) is 28.5 Å². The van der Waals surface area contributed by atoms with Crippen molar-refractivity contribution in [3.63, 3.8) is 0 Å². The van der Waals surface area contributed by atoms with E-state index in [0.717, 1.165) is 34.1 Å². The third kappa shape index (κ3) is 3.61. The van der Waals surface area contributed by atoms with Crippen LogP contribution in [0.4, 0.5) is 0 Å². The molecule has 0 bridgehead atoms. The van der Waals surface area contributed by atoms with Crippen LogP contribution >= 0.6 is 0 Å². The predicted molar refractivity (Wildman–Crippen MR) is 116 cm³/mol. The normalized spacial score (nSPS) is 12.5. The maximum atomic E-state index is 11.4. The Morgan fingerprint density at radius 1 is 0.935 bits per heavy atom. The van der Waals surface area contributed by atoms with E-state index in [1.807, 2.05) is 66.2 Å². The molecule has 2 aromatic heterocycles. The molecule has 3 heterocycles. The van der Waals surface area contributed by atoms with E-state index in [2.05, 4.69) is 4.98 Å². The van der Waals surface area contributed by atoms with Crippen molar-refractivity contribution in [2.24, 2.45) is 5.73 Å². The number of hydrogen-bond donors (Lipinski definition) is 1. The second-order valence-electron chi connectivity index (χ2n) is 7.25. The molecule has 0 atom stereocenters. The maximum Gasteiger partial charge on any atom is 0.248 e. The summed E-state index contributed by atoms with van der Waals surface area (Å²) in [5.74, 6) is 1.67. The van der Waals surface area contributed by atoms with E-state index < -0.39 is 5.91 Å². The van der Waals surface area contributed by atoms with E-state index in [1.165, 1.54) is 0 Å². The lowest BCUT2D eigenvalue weighted by atomic mass is 10.1. The van der Waals surface area contributed by atoms with Crippen molar-refractivity contribution in [3.8, 4) is 40.0 Å². The van der Waals surface area contributed by atoms with Gasteiger partial charge in [0.1, 0.15) is 18.9 Å². The Kier molecular flexibility index (Phi) is 4.63. The van der Waals surface area contributed by atoms with Crippen LogP contribution in [0, 0.1) is 6.92 Å². The number of imidazole rings is 1. The van der Waals surface area contributed by atoms with Crippen LogP contribution in [0.5, 0.6) is 11.5 Å². The Balaban J connectivity index is 1.64. The van der Waals surface area contributed by atoms with Gasteiger partial charge in [0.2, 0.25) is 5.91 Å². The molecule has 1 aliphatic heterocycles. The fraction of sp³-hybridized carbons (Fsp3) is 0.125. The monoisotopic (exact) mass is 412 g/mol. The number of fused-ring (bicyclic) bond motifs is 1. The Morgan fingerprint density at radius 2 is 1.71 bits per heavy atom. The Labute approximate surface area is 179 Å². The largest absolute Gasteiger partial charge is 0.486 e. The van der Waals surface area contributed by atoms with E-state index in [9.17, 15) is 4.79 Å². The average molecular weight is 412 g/mol. The first-order valence-corrected chi connectivity index (χ1v) is 9.92. The molecule has 154 valence electrons. The fourth-order valence-corrected chi connectivity index (χ4v) is 3.55. The summed E-state index contributed by atoms with van der Waals surface area (Å²) in [6.45, 7) is 3.01. The topological polar surface area (TPSA) is 92.3 Å². The summed E-state index contributed by atoms with van der Waals surface area (Å²) in [7, 11) is 0. The van der Waals surface area contributed by atoms with Gasteiger partial charge in [-0.1, -0.05) is 18.2 Å². The van der Waals surface area contributed by atoms with Crippen LogP contribution in [-0.2, 0) is 0 Å². The maximum absolute atomic E-state index is 11.4. The highest BCUT2D eigenvalue weighted by Crippen LogP contribution is 2.34. The Bertz CT molecular complexity index is 1280. The number of carbonyl (C=O) groups is 1. The quantitative estimate of drug-likeness (QED) is 0.551. The average Bonchev–Trinajstić information content (AvgIpc) is 3.24. The fourth-order valence-electron chi connectivity index (χ4n) is 3.55. The van der Waals surface area contributed by atoms with Gasteiger partial charge in [-0.05, 0) is 43.3 Å². The first-order chi connectivity index (χ1) is 15.1. The molecule has 0 spiro atoms. The van der Waals surface area contributed by atoms with Crippen LogP contribution in [-0.4, -0.2) is 33.7 Å². The van der Waals surface area contributed by atoms with Gasteiger partial charge >= 0.3 is 0 Å². The number of nitrogens with zero attached hydrogens (tertiary/aromatic N) is 3. The highest BCUT2D eigenvalue weighted by molar-refractivity contribution is 5.93. The van der Waals surface area contributed by atoms with Gasteiger partial charge in [0, 0.05) is 29.1 Å². The van der Waals surface area contributed by atoms with Crippen LogP contribution in [0.15, 0.2) is 66.9 Å². The molecule has 0 unspecified atom stereocenters. The Morgan fingerprint density at radius 3 is 2.45 bits per heavy atom. The molecule has 5 rings (SSSR count). The molecule has 0 aliphatic carbocycles. The van der Waals surface area contributed by atoms with Crippen LogP contribution in [0.1, 0.15) is 16.1 Å². The second-order valence-corrected chi connectivity index (χ2v) is 7.25. The molecule has 31 heavy (non-hydrogen) atoms. The molecular weight excluding hydrogens is 392 g/mol. The molecule has 0 radical (unpaired) electrons. The number of ether oxygens (including phenoxy) is 2. The van der Waals surface area contributed by atoms with Gasteiger partial charge in [-0.15, -0.1) is 0 Å². The van der Waals surface area contributed by atoms with E-state index >= 15 is 0 Å². The number of nitrogens with two attached hydrogens (primary N) is 1. The summed E-state index contributed by atoms with van der Waals surface area (Å²) >= 11 is 0. The van der Waals surface area contributed by atoms with Crippen LogP contribution in [0.2, 0.25) is 0 Å². The molecule has 2 N–H and O–H groups in total. The number of primary amides is 1. The molecule has 0 saturated carbocycles. The minimum atomic E-state index is -0.460. The molecule has 7 nitrogen and oxygen atoms in total. The summed E-state index contributed by atoms with van der Waals surface area (Å²) in [5, 5.41) is 0. The number of pyridine rings is 1. The van der Waals surface area contributed by atoms with E-state index in [1.54, 1.807) is 12.1 Å². The van der Waals surface area contributed by atoms with Crippen molar-refractivity contribution >= 4 is 5.91 Å². The van der Waals surface area contributed by atoms with Gasteiger partial charge in [-0.25, -0.2) is 9.97 Å². The number of rotatable bonds is 4. The van der Waals surface area contributed by atoms with E-state index in [-0.39, 0.29) is 0 Å². The molecule has 2 aromatic carbocycles. The number of hydrogen-bond acceptors (Lipinski definition) is 5. The lowest BCUT2D eigenvalue weighted by Gasteiger charge is -2.19. The Hall–Kier alpha value is -4.13. The molecule has 0 fully saturated rings. The van der Waals surface area contributed by atoms with Crippen LogP contribution < -0.4 is 15.2 Å². The van der Waals surface area contributed by atoms with Gasteiger partial charge in [-0.3, -0.25) is 9.36 Å². The summed E-state index contributed by atoms with van der Waals surface area (Å²) in [5.41, 5.74) is 9.99. The van der Waals surface area contributed by atoms with E-state index in [0.29, 0.717) is 30.4 Å². The van der Waals surface area contributed by atoms with Crippen molar-refractivity contribution in [1.82, 2.24) is 14.5 Å². The van der Waals surface area contributed by atoms with Gasteiger partial charge in [-0.2, -0.15) is 0 Å². The second kappa shape index (κ2) is 7.60. The standard InChI is InChI=1S/C24H20N4O3/c1-15-3-2-4-19(26-15)24-27-20(16-5-7-17(8-6-16)23(25)29)14-28(24)18-9-10-21-22(13-18)31-12-11-30-21/h2-10,13-14H,11-12H2,1H3,(H2,25,29). The first kappa shape index (κ1) is 18.9. The molecular formula is C24H20N4O3. The van der Waals surface area contributed by atoms with Crippen molar-refractivity contribution in [3.05, 3.63) is 78.1 Å². The number of carbonyl (C=O) groups excluding carboxylic acids is 1. The first-order valence-electron chi connectivity index (χ1n) is 9.92. The third-order valence-electron chi connectivity index (χ3n) is 5.09. The molecule has 0 saturated heterocycles. The predicted octanol–water partition coefficient (Wildman–Crippen LogP) is 3.78.